The highest BCUT2D eigenvalue weighted by Gasteiger charge is 2.23. The van der Waals surface area contributed by atoms with Gasteiger partial charge in [-0.1, -0.05) is 13.0 Å². The average Bonchev–Trinajstić information content (AvgIpc) is 2.63. The number of pyridine rings is 1. The Morgan fingerprint density at radius 1 is 1.17 bits per heavy atom. The van der Waals surface area contributed by atoms with Crippen molar-refractivity contribution in [3.8, 4) is 11.1 Å². The molecule has 5 heteroatoms. The van der Waals surface area contributed by atoms with Crippen molar-refractivity contribution < 1.29 is 5.11 Å². The smallest absolute Gasteiger partial charge is 0.140 e. The van der Waals surface area contributed by atoms with Crippen LogP contribution in [0.4, 0.5) is 5.82 Å². The molecule has 0 unspecified atom stereocenters. The van der Waals surface area contributed by atoms with Gasteiger partial charge in [0.25, 0.3) is 0 Å². The lowest BCUT2D eigenvalue weighted by atomic mass is 9.93. The molecular weight excluding hydrogens is 300 g/mol. The topological polar surface area (TPSA) is 62.1 Å². The zero-order chi connectivity index (χ0) is 16.9. The minimum atomic E-state index is 0.290. The fraction of sp³-hybridized carbons (Fsp3) is 0.526. The zero-order valence-electron chi connectivity index (χ0n) is 14.6. The maximum atomic E-state index is 9.14. The highest BCUT2D eigenvalue weighted by molar-refractivity contribution is 5.77. The van der Waals surface area contributed by atoms with Gasteiger partial charge in [-0.25, -0.2) is 9.97 Å². The molecule has 0 aliphatic carbocycles. The molecule has 5 nitrogen and oxygen atoms in total. The van der Waals surface area contributed by atoms with Gasteiger partial charge in [-0.15, -0.1) is 0 Å². The van der Waals surface area contributed by atoms with E-state index in [0.717, 1.165) is 67.1 Å². The molecule has 0 saturated carbocycles. The molecular formula is C19H26N4O. The zero-order valence-corrected chi connectivity index (χ0v) is 14.6. The molecule has 0 amide bonds. The molecule has 128 valence electrons. The summed E-state index contributed by atoms with van der Waals surface area (Å²) in [6.07, 6.45) is 7.61. The molecule has 1 N–H and O–H groups in total. The number of hydrogen-bond donors (Lipinski definition) is 1. The van der Waals surface area contributed by atoms with Crippen molar-refractivity contribution in [3.63, 3.8) is 0 Å². The monoisotopic (exact) mass is 326 g/mol. The van der Waals surface area contributed by atoms with Crippen LogP contribution in [0.15, 0.2) is 24.7 Å². The van der Waals surface area contributed by atoms with E-state index in [1.54, 1.807) is 6.33 Å². The maximum absolute atomic E-state index is 9.14. The van der Waals surface area contributed by atoms with Gasteiger partial charge in [0.15, 0.2) is 0 Å². The highest BCUT2D eigenvalue weighted by Crippen LogP contribution is 2.34. The lowest BCUT2D eigenvalue weighted by Gasteiger charge is -2.34. The van der Waals surface area contributed by atoms with E-state index in [1.807, 2.05) is 19.2 Å². The van der Waals surface area contributed by atoms with E-state index < -0.39 is 0 Å². The number of aryl methyl sites for hydroxylation is 2. The predicted molar refractivity (Wildman–Crippen MR) is 96.0 cm³/mol. The Kier molecular flexibility index (Phi) is 5.41. The third kappa shape index (κ3) is 3.56. The van der Waals surface area contributed by atoms with Gasteiger partial charge in [-0.2, -0.15) is 0 Å². The minimum absolute atomic E-state index is 0.290. The van der Waals surface area contributed by atoms with Crippen LogP contribution in [0.2, 0.25) is 0 Å². The molecule has 3 heterocycles. The predicted octanol–water partition coefficient (Wildman–Crippen LogP) is 3.01. The Hall–Kier alpha value is -2.01. The molecule has 0 atom stereocenters. The van der Waals surface area contributed by atoms with Crippen LogP contribution in [0.1, 0.15) is 37.6 Å². The van der Waals surface area contributed by atoms with Crippen LogP contribution in [0.25, 0.3) is 11.1 Å². The first-order chi connectivity index (χ1) is 11.7. The van der Waals surface area contributed by atoms with E-state index in [4.69, 9.17) is 5.11 Å². The summed E-state index contributed by atoms with van der Waals surface area (Å²) in [5, 5.41) is 9.14. The second-order valence-corrected chi connectivity index (χ2v) is 6.50. The summed E-state index contributed by atoms with van der Waals surface area (Å²) in [7, 11) is 0. The Bertz CT molecular complexity index is 664. The summed E-state index contributed by atoms with van der Waals surface area (Å²) in [5.74, 6) is 1.65. The van der Waals surface area contributed by atoms with E-state index in [1.165, 1.54) is 0 Å². The number of hydrogen-bond acceptors (Lipinski definition) is 5. The molecule has 24 heavy (non-hydrogen) atoms. The van der Waals surface area contributed by atoms with Crippen molar-refractivity contribution >= 4 is 5.82 Å². The quantitative estimate of drug-likeness (QED) is 0.915. The third-order valence-corrected chi connectivity index (χ3v) is 4.89. The largest absolute Gasteiger partial charge is 0.396 e. The second-order valence-electron chi connectivity index (χ2n) is 6.50. The van der Waals surface area contributed by atoms with Crippen molar-refractivity contribution in [1.29, 1.82) is 0 Å². The van der Waals surface area contributed by atoms with Gasteiger partial charge in [0, 0.05) is 42.7 Å². The Morgan fingerprint density at radius 2 is 1.96 bits per heavy atom. The number of nitrogens with zero attached hydrogens (tertiary/aromatic N) is 4. The van der Waals surface area contributed by atoms with Gasteiger partial charge in [0.2, 0.25) is 0 Å². The van der Waals surface area contributed by atoms with Crippen LogP contribution in [0.3, 0.4) is 0 Å². The fourth-order valence-electron chi connectivity index (χ4n) is 3.45. The van der Waals surface area contributed by atoms with Crippen molar-refractivity contribution in [1.82, 2.24) is 15.0 Å². The first-order valence-electron chi connectivity index (χ1n) is 8.85. The number of aliphatic hydroxyl groups excluding tert-OH is 1. The summed E-state index contributed by atoms with van der Waals surface area (Å²) in [5.41, 5.74) is 4.29. The van der Waals surface area contributed by atoms with E-state index in [9.17, 15) is 0 Å². The summed E-state index contributed by atoms with van der Waals surface area (Å²) in [4.78, 5) is 15.9. The summed E-state index contributed by atoms with van der Waals surface area (Å²) < 4.78 is 0. The molecule has 0 bridgehead atoms. The van der Waals surface area contributed by atoms with Crippen molar-refractivity contribution in [3.05, 3.63) is 36.0 Å². The number of aromatic nitrogens is 3. The van der Waals surface area contributed by atoms with Gasteiger partial charge in [-0.3, -0.25) is 4.98 Å². The van der Waals surface area contributed by atoms with E-state index in [-0.39, 0.29) is 0 Å². The average molecular weight is 326 g/mol. The first-order valence-corrected chi connectivity index (χ1v) is 8.85. The van der Waals surface area contributed by atoms with Crippen LogP contribution >= 0.6 is 0 Å². The van der Waals surface area contributed by atoms with Crippen molar-refractivity contribution in [2.24, 2.45) is 5.92 Å². The molecule has 1 saturated heterocycles. The van der Waals surface area contributed by atoms with E-state index in [2.05, 4.69) is 32.8 Å². The van der Waals surface area contributed by atoms with Crippen LogP contribution in [-0.2, 0) is 6.42 Å². The number of aliphatic hydroxyl groups is 1. The number of piperidine rings is 1. The molecule has 2 aromatic rings. The maximum Gasteiger partial charge on any atom is 0.140 e. The van der Waals surface area contributed by atoms with E-state index in [0.29, 0.717) is 12.5 Å². The summed E-state index contributed by atoms with van der Waals surface area (Å²) >= 11 is 0. The van der Waals surface area contributed by atoms with Crippen molar-refractivity contribution in [2.75, 3.05) is 24.6 Å². The molecule has 2 aromatic heterocycles. The number of rotatable bonds is 5. The van der Waals surface area contributed by atoms with Crippen LogP contribution in [-0.4, -0.2) is 39.8 Å². The van der Waals surface area contributed by atoms with Gasteiger partial charge in [-0.05, 0) is 44.6 Å². The summed E-state index contributed by atoms with van der Waals surface area (Å²) in [6.45, 7) is 6.39. The Balaban J connectivity index is 1.92. The van der Waals surface area contributed by atoms with Crippen LogP contribution in [0.5, 0.6) is 0 Å². The lowest BCUT2D eigenvalue weighted by molar-refractivity contribution is 0.240. The molecule has 0 spiro atoms. The lowest BCUT2D eigenvalue weighted by Crippen LogP contribution is -2.35. The highest BCUT2D eigenvalue weighted by atomic mass is 16.3. The Morgan fingerprint density at radius 3 is 2.58 bits per heavy atom. The molecule has 1 aliphatic rings. The van der Waals surface area contributed by atoms with Gasteiger partial charge in [0.05, 0.1) is 5.69 Å². The van der Waals surface area contributed by atoms with Crippen LogP contribution in [0, 0.1) is 12.8 Å². The summed E-state index contributed by atoms with van der Waals surface area (Å²) in [6, 6.07) is 4.15. The Labute approximate surface area is 143 Å². The van der Waals surface area contributed by atoms with Gasteiger partial charge >= 0.3 is 0 Å². The van der Waals surface area contributed by atoms with Crippen molar-refractivity contribution in [2.45, 2.75) is 39.5 Å². The minimum Gasteiger partial charge on any atom is -0.396 e. The molecule has 0 radical (unpaired) electrons. The molecule has 0 aromatic carbocycles. The second kappa shape index (κ2) is 7.71. The standard InChI is InChI=1S/C19H26N4O/c1-3-17-18(16-5-4-14(2)20-12-16)19(22-13-21-17)23-9-6-15(7-10-23)8-11-24/h4-5,12-13,15,24H,3,6-11H2,1-2H3. The first kappa shape index (κ1) is 16.8. The SMILES string of the molecule is CCc1ncnc(N2CCC(CCO)CC2)c1-c1ccc(C)nc1. The number of anilines is 1. The van der Waals surface area contributed by atoms with Crippen LogP contribution < -0.4 is 4.90 Å². The molecule has 1 fully saturated rings. The fourth-order valence-corrected chi connectivity index (χ4v) is 3.45. The van der Waals surface area contributed by atoms with Gasteiger partial charge in [0.1, 0.15) is 12.1 Å². The van der Waals surface area contributed by atoms with E-state index >= 15 is 0 Å². The molecule has 1 aliphatic heterocycles. The van der Waals surface area contributed by atoms with Gasteiger partial charge < -0.3 is 10.0 Å². The molecule has 3 rings (SSSR count). The third-order valence-electron chi connectivity index (χ3n) is 4.89. The normalized spacial score (nSPS) is 15.7.